The van der Waals surface area contributed by atoms with Crippen LogP contribution < -0.4 is 0 Å². The summed E-state index contributed by atoms with van der Waals surface area (Å²) in [5.74, 6) is 0.0223. The predicted octanol–water partition coefficient (Wildman–Crippen LogP) is 2.39. The third-order valence-corrected chi connectivity index (χ3v) is 3.76. The third-order valence-electron chi connectivity index (χ3n) is 3.76. The molecule has 0 spiro atoms. The Morgan fingerprint density at radius 2 is 2.26 bits per heavy atom. The first-order chi connectivity index (χ1) is 9.29. The van der Waals surface area contributed by atoms with Crippen LogP contribution in [0.25, 0.3) is 11.0 Å². The largest absolute Gasteiger partial charge is 0.337 e. The van der Waals surface area contributed by atoms with Crippen molar-refractivity contribution in [1.29, 1.82) is 0 Å². The minimum atomic E-state index is 0.0223. The number of para-hydroxylation sites is 2. The van der Waals surface area contributed by atoms with Crippen LogP contribution in [0.3, 0.4) is 0 Å². The van der Waals surface area contributed by atoms with Crippen molar-refractivity contribution in [1.82, 2.24) is 14.5 Å². The summed E-state index contributed by atoms with van der Waals surface area (Å²) >= 11 is 0. The highest BCUT2D eigenvalue weighted by atomic mass is 16.2. The molecule has 1 amide bonds. The van der Waals surface area contributed by atoms with Crippen LogP contribution in [0.15, 0.2) is 43.2 Å². The maximum Gasteiger partial charge on any atom is 0.246 e. The summed E-state index contributed by atoms with van der Waals surface area (Å²) in [7, 11) is 0. The molecule has 1 aliphatic rings. The number of carbonyl (C=O) groups is 1. The summed E-state index contributed by atoms with van der Waals surface area (Å²) in [6.07, 6.45) is 5.39. The second-order valence-corrected chi connectivity index (χ2v) is 4.92. The van der Waals surface area contributed by atoms with E-state index in [1.165, 1.54) is 6.08 Å². The van der Waals surface area contributed by atoms with E-state index < -0.39 is 0 Å². The van der Waals surface area contributed by atoms with Gasteiger partial charge in [-0.3, -0.25) is 4.79 Å². The number of hydrogen-bond donors (Lipinski definition) is 0. The molecule has 0 N–H and O–H groups in total. The molecule has 1 atom stereocenters. The molecule has 2 heterocycles. The van der Waals surface area contributed by atoms with Crippen molar-refractivity contribution in [2.75, 3.05) is 13.1 Å². The van der Waals surface area contributed by atoms with Gasteiger partial charge in [0.15, 0.2) is 0 Å². The first kappa shape index (κ1) is 12.0. The predicted molar refractivity (Wildman–Crippen MR) is 74.8 cm³/mol. The average Bonchev–Trinajstić information content (AvgIpc) is 2.90. The van der Waals surface area contributed by atoms with Gasteiger partial charge in [0.25, 0.3) is 0 Å². The molecule has 0 radical (unpaired) electrons. The third kappa shape index (κ3) is 2.14. The molecule has 4 heteroatoms. The van der Waals surface area contributed by atoms with Gasteiger partial charge in [-0.1, -0.05) is 18.7 Å². The summed E-state index contributed by atoms with van der Waals surface area (Å²) in [5.41, 5.74) is 2.15. The Hall–Kier alpha value is -2.10. The van der Waals surface area contributed by atoms with Crippen molar-refractivity contribution in [2.24, 2.45) is 0 Å². The van der Waals surface area contributed by atoms with Crippen molar-refractivity contribution in [3.63, 3.8) is 0 Å². The van der Waals surface area contributed by atoms with Crippen LogP contribution >= 0.6 is 0 Å². The number of benzene rings is 1. The fourth-order valence-electron chi connectivity index (χ4n) is 2.78. The fraction of sp³-hybridized carbons (Fsp3) is 0.333. The molecular weight excluding hydrogens is 238 g/mol. The standard InChI is InChI=1S/C15H17N3O/c1-2-15(19)17-9-5-6-12(10-17)18-11-16-13-7-3-4-8-14(13)18/h2-4,7-8,11-12H,1,5-6,9-10H2/t12-/m1/s1. The zero-order chi connectivity index (χ0) is 13.2. The Morgan fingerprint density at radius 3 is 3.11 bits per heavy atom. The number of carbonyl (C=O) groups excluding carboxylic acids is 1. The second-order valence-electron chi connectivity index (χ2n) is 4.92. The van der Waals surface area contributed by atoms with E-state index in [4.69, 9.17) is 0 Å². The summed E-state index contributed by atoms with van der Waals surface area (Å²) in [5, 5.41) is 0. The van der Waals surface area contributed by atoms with E-state index in [1.807, 2.05) is 29.4 Å². The molecule has 1 saturated heterocycles. The molecule has 1 aromatic carbocycles. The number of likely N-dealkylation sites (tertiary alicyclic amines) is 1. The number of amides is 1. The van der Waals surface area contributed by atoms with Crippen LogP contribution in [-0.2, 0) is 4.79 Å². The fourth-order valence-corrected chi connectivity index (χ4v) is 2.78. The number of piperidine rings is 1. The monoisotopic (exact) mass is 255 g/mol. The SMILES string of the molecule is C=CC(=O)N1CCC[C@@H](n2cnc3ccccc32)C1. The number of aromatic nitrogens is 2. The number of hydrogen-bond acceptors (Lipinski definition) is 2. The van der Waals surface area contributed by atoms with Gasteiger partial charge in [0.2, 0.25) is 5.91 Å². The van der Waals surface area contributed by atoms with Crippen LogP contribution in [0.4, 0.5) is 0 Å². The van der Waals surface area contributed by atoms with Crippen LogP contribution in [-0.4, -0.2) is 33.4 Å². The highest BCUT2D eigenvalue weighted by molar-refractivity contribution is 5.87. The quantitative estimate of drug-likeness (QED) is 0.773. The molecule has 1 fully saturated rings. The molecule has 98 valence electrons. The Labute approximate surface area is 112 Å². The molecule has 19 heavy (non-hydrogen) atoms. The summed E-state index contributed by atoms with van der Waals surface area (Å²) in [6.45, 7) is 5.13. The van der Waals surface area contributed by atoms with E-state index in [0.29, 0.717) is 6.04 Å². The molecule has 3 rings (SSSR count). The normalized spacial score (nSPS) is 19.6. The van der Waals surface area contributed by atoms with Crippen LogP contribution in [0.2, 0.25) is 0 Å². The van der Waals surface area contributed by atoms with Crippen molar-refractivity contribution < 1.29 is 4.79 Å². The molecule has 2 aromatic rings. The van der Waals surface area contributed by atoms with Crippen molar-refractivity contribution >= 4 is 16.9 Å². The van der Waals surface area contributed by atoms with Crippen molar-refractivity contribution in [2.45, 2.75) is 18.9 Å². The maximum atomic E-state index is 11.7. The molecule has 0 bridgehead atoms. The minimum Gasteiger partial charge on any atom is -0.337 e. The van der Waals surface area contributed by atoms with Gasteiger partial charge < -0.3 is 9.47 Å². The average molecular weight is 255 g/mol. The van der Waals surface area contributed by atoms with Crippen molar-refractivity contribution in [3.8, 4) is 0 Å². The lowest BCUT2D eigenvalue weighted by Crippen LogP contribution is -2.39. The highest BCUT2D eigenvalue weighted by Crippen LogP contribution is 2.25. The second kappa shape index (κ2) is 4.88. The Kier molecular flexibility index (Phi) is 3.07. The molecule has 1 aliphatic heterocycles. The Balaban J connectivity index is 1.89. The molecule has 0 aliphatic carbocycles. The lowest BCUT2D eigenvalue weighted by molar-refractivity contribution is -0.127. The van der Waals surface area contributed by atoms with Crippen LogP contribution in [0.5, 0.6) is 0 Å². The first-order valence-electron chi connectivity index (χ1n) is 6.62. The van der Waals surface area contributed by atoms with Gasteiger partial charge in [-0.25, -0.2) is 4.98 Å². The molecule has 1 aromatic heterocycles. The lowest BCUT2D eigenvalue weighted by Gasteiger charge is -2.33. The van der Waals surface area contributed by atoms with Gasteiger partial charge in [-0.2, -0.15) is 0 Å². The van der Waals surface area contributed by atoms with E-state index in [2.05, 4.69) is 22.2 Å². The number of fused-ring (bicyclic) bond motifs is 1. The molecule has 0 saturated carbocycles. The van der Waals surface area contributed by atoms with Crippen LogP contribution in [0, 0.1) is 0 Å². The lowest BCUT2D eigenvalue weighted by atomic mass is 10.1. The van der Waals surface area contributed by atoms with Gasteiger partial charge in [0, 0.05) is 13.1 Å². The number of rotatable bonds is 2. The van der Waals surface area contributed by atoms with E-state index in [-0.39, 0.29) is 5.91 Å². The van der Waals surface area contributed by atoms with Gasteiger partial charge in [0.1, 0.15) is 0 Å². The molecule has 0 unspecified atom stereocenters. The number of imidazole rings is 1. The summed E-state index contributed by atoms with van der Waals surface area (Å²) in [6, 6.07) is 8.42. The van der Waals surface area contributed by atoms with Crippen LogP contribution in [0.1, 0.15) is 18.9 Å². The Bertz CT molecular complexity index is 617. The topological polar surface area (TPSA) is 38.1 Å². The smallest absolute Gasteiger partial charge is 0.246 e. The van der Waals surface area contributed by atoms with Gasteiger partial charge in [-0.15, -0.1) is 0 Å². The van der Waals surface area contributed by atoms with E-state index in [1.54, 1.807) is 0 Å². The molecular formula is C15H17N3O. The van der Waals surface area contributed by atoms with Gasteiger partial charge in [0.05, 0.1) is 23.4 Å². The summed E-state index contributed by atoms with van der Waals surface area (Å²) < 4.78 is 2.19. The van der Waals surface area contributed by atoms with Crippen molar-refractivity contribution in [3.05, 3.63) is 43.2 Å². The van der Waals surface area contributed by atoms with E-state index in [9.17, 15) is 4.79 Å². The highest BCUT2D eigenvalue weighted by Gasteiger charge is 2.24. The van der Waals surface area contributed by atoms with Gasteiger partial charge >= 0.3 is 0 Å². The zero-order valence-corrected chi connectivity index (χ0v) is 10.8. The van der Waals surface area contributed by atoms with E-state index >= 15 is 0 Å². The zero-order valence-electron chi connectivity index (χ0n) is 10.8. The maximum absolute atomic E-state index is 11.7. The van der Waals surface area contributed by atoms with E-state index in [0.717, 1.165) is 37.0 Å². The summed E-state index contributed by atoms with van der Waals surface area (Å²) in [4.78, 5) is 18.0. The Morgan fingerprint density at radius 1 is 1.42 bits per heavy atom. The first-order valence-corrected chi connectivity index (χ1v) is 6.62. The molecule has 4 nitrogen and oxygen atoms in total. The minimum absolute atomic E-state index is 0.0223. The van der Waals surface area contributed by atoms with Gasteiger partial charge in [-0.05, 0) is 31.1 Å². The number of nitrogens with zero attached hydrogens (tertiary/aromatic N) is 3.